The van der Waals surface area contributed by atoms with Crippen LogP contribution in [0.3, 0.4) is 0 Å². The van der Waals surface area contributed by atoms with E-state index in [1.807, 2.05) is 0 Å². The maximum atomic E-state index is 6.00. The molecule has 0 N–H and O–H groups in total. The number of aryl methyl sites for hydroxylation is 1. The average Bonchev–Trinajstić information content (AvgIpc) is 2.88. The van der Waals surface area contributed by atoms with Gasteiger partial charge >= 0.3 is 0 Å². The Bertz CT molecular complexity index is 559. The number of alkyl halides is 1. The van der Waals surface area contributed by atoms with E-state index < -0.39 is 0 Å². The van der Waals surface area contributed by atoms with Crippen LogP contribution in [0.1, 0.15) is 24.7 Å². The van der Waals surface area contributed by atoms with Crippen molar-refractivity contribution in [2.24, 2.45) is 11.8 Å². The first-order chi connectivity index (χ1) is 8.19. The summed E-state index contributed by atoms with van der Waals surface area (Å²) in [4.78, 5) is 4.63. The molecule has 1 heterocycles. The molecule has 2 atom stereocenters. The standard InChI is InChI=1S/C14H17ClN2/c1-9-3-4-13-12(5-9)16-14(7-15)17(13)8-11-6-10(11)2/h3-5,10-11H,6-8H2,1-2H3. The molecule has 1 aromatic carbocycles. The van der Waals surface area contributed by atoms with Gasteiger partial charge in [-0.3, -0.25) is 0 Å². The van der Waals surface area contributed by atoms with Gasteiger partial charge in [-0.1, -0.05) is 13.0 Å². The Labute approximate surface area is 107 Å². The zero-order valence-electron chi connectivity index (χ0n) is 10.3. The molecule has 0 saturated heterocycles. The lowest BCUT2D eigenvalue weighted by molar-refractivity contribution is 0.591. The van der Waals surface area contributed by atoms with Gasteiger partial charge in [0.25, 0.3) is 0 Å². The van der Waals surface area contributed by atoms with Gasteiger partial charge in [0, 0.05) is 6.54 Å². The molecule has 1 aliphatic carbocycles. The molecule has 0 aliphatic heterocycles. The summed E-state index contributed by atoms with van der Waals surface area (Å²) in [5, 5.41) is 0. The largest absolute Gasteiger partial charge is 0.327 e. The molecule has 1 fully saturated rings. The third-order valence-electron chi connectivity index (χ3n) is 3.80. The van der Waals surface area contributed by atoms with Crippen molar-refractivity contribution in [3.05, 3.63) is 29.6 Å². The number of nitrogens with zero attached hydrogens (tertiary/aromatic N) is 2. The number of fused-ring (bicyclic) bond motifs is 1. The lowest BCUT2D eigenvalue weighted by Gasteiger charge is -2.06. The van der Waals surface area contributed by atoms with Gasteiger partial charge in [-0.05, 0) is 42.9 Å². The molecule has 2 aromatic rings. The van der Waals surface area contributed by atoms with Crippen LogP contribution in [0.15, 0.2) is 18.2 Å². The van der Waals surface area contributed by atoms with Crippen LogP contribution in [-0.4, -0.2) is 9.55 Å². The summed E-state index contributed by atoms with van der Waals surface area (Å²) in [6.45, 7) is 5.48. The van der Waals surface area contributed by atoms with Crippen molar-refractivity contribution in [3.8, 4) is 0 Å². The van der Waals surface area contributed by atoms with Gasteiger partial charge in [-0.25, -0.2) is 4.98 Å². The highest BCUT2D eigenvalue weighted by atomic mass is 35.5. The Balaban J connectivity index is 2.06. The van der Waals surface area contributed by atoms with Gasteiger partial charge in [0.15, 0.2) is 0 Å². The van der Waals surface area contributed by atoms with E-state index in [0.29, 0.717) is 5.88 Å². The van der Waals surface area contributed by atoms with E-state index in [0.717, 1.165) is 29.7 Å². The molecule has 0 spiro atoms. The van der Waals surface area contributed by atoms with Gasteiger partial charge in [-0.2, -0.15) is 0 Å². The number of hydrogen-bond donors (Lipinski definition) is 0. The summed E-state index contributed by atoms with van der Waals surface area (Å²) >= 11 is 6.00. The smallest absolute Gasteiger partial charge is 0.124 e. The van der Waals surface area contributed by atoms with Crippen LogP contribution in [0.4, 0.5) is 0 Å². The van der Waals surface area contributed by atoms with Crippen LogP contribution in [0.2, 0.25) is 0 Å². The summed E-state index contributed by atoms with van der Waals surface area (Å²) in [6, 6.07) is 6.45. The van der Waals surface area contributed by atoms with E-state index >= 15 is 0 Å². The second-order valence-electron chi connectivity index (χ2n) is 5.24. The number of imidazole rings is 1. The van der Waals surface area contributed by atoms with Crippen molar-refractivity contribution in [1.82, 2.24) is 9.55 Å². The lowest BCUT2D eigenvalue weighted by Crippen LogP contribution is -2.04. The third kappa shape index (κ3) is 1.95. The van der Waals surface area contributed by atoms with E-state index in [-0.39, 0.29) is 0 Å². The van der Waals surface area contributed by atoms with Gasteiger partial charge in [0.1, 0.15) is 5.82 Å². The van der Waals surface area contributed by atoms with Crippen molar-refractivity contribution in [2.75, 3.05) is 0 Å². The summed E-state index contributed by atoms with van der Waals surface area (Å²) in [6.07, 6.45) is 1.34. The zero-order chi connectivity index (χ0) is 12.0. The second kappa shape index (κ2) is 4.02. The second-order valence-corrected chi connectivity index (χ2v) is 5.50. The van der Waals surface area contributed by atoms with E-state index in [9.17, 15) is 0 Å². The third-order valence-corrected chi connectivity index (χ3v) is 4.03. The Morgan fingerprint density at radius 3 is 2.88 bits per heavy atom. The molecule has 1 aromatic heterocycles. The van der Waals surface area contributed by atoms with Gasteiger partial charge in [-0.15, -0.1) is 11.6 Å². The lowest BCUT2D eigenvalue weighted by atomic mass is 10.2. The van der Waals surface area contributed by atoms with Crippen LogP contribution >= 0.6 is 11.6 Å². The molecule has 3 heteroatoms. The van der Waals surface area contributed by atoms with Crippen LogP contribution in [0.25, 0.3) is 11.0 Å². The molecular formula is C14H17ClN2. The first-order valence-corrected chi connectivity index (χ1v) is 6.74. The summed E-state index contributed by atoms with van der Waals surface area (Å²) in [7, 11) is 0. The van der Waals surface area contributed by atoms with E-state index in [1.165, 1.54) is 17.5 Å². The minimum absolute atomic E-state index is 0.495. The molecule has 1 aliphatic rings. The molecule has 2 unspecified atom stereocenters. The fourth-order valence-corrected chi connectivity index (χ4v) is 2.69. The molecule has 1 saturated carbocycles. The summed E-state index contributed by atoms with van der Waals surface area (Å²) in [5.74, 6) is 3.18. The normalized spacial score (nSPS) is 23.2. The Kier molecular flexibility index (Phi) is 2.62. The van der Waals surface area contributed by atoms with Crippen molar-refractivity contribution in [3.63, 3.8) is 0 Å². The maximum Gasteiger partial charge on any atom is 0.124 e. The van der Waals surface area contributed by atoms with Crippen molar-refractivity contribution >= 4 is 22.6 Å². The van der Waals surface area contributed by atoms with Crippen molar-refractivity contribution < 1.29 is 0 Å². The molecule has 0 amide bonds. The maximum absolute atomic E-state index is 6.00. The van der Waals surface area contributed by atoms with Crippen LogP contribution < -0.4 is 0 Å². The highest BCUT2D eigenvalue weighted by Crippen LogP contribution is 2.40. The van der Waals surface area contributed by atoms with Crippen molar-refractivity contribution in [2.45, 2.75) is 32.7 Å². The molecular weight excluding hydrogens is 232 g/mol. The predicted octanol–water partition coefficient (Wildman–Crippen LogP) is 3.74. The number of hydrogen-bond acceptors (Lipinski definition) is 1. The topological polar surface area (TPSA) is 17.8 Å². The van der Waals surface area contributed by atoms with Crippen LogP contribution in [-0.2, 0) is 12.4 Å². The van der Waals surface area contributed by atoms with E-state index in [4.69, 9.17) is 11.6 Å². The zero-order valence-corrected chi connectivity index (χ0v) is 11.0. The Morgan fingerprint density at radius 2 is 2.24 bits per heavy atom. The molecule has 0 bridgehead atoms. The van der Waals surface area contributed by atoms with Gasteiger partial charge in [0.2, 0.25) is 0 Å². The Hall–Kier alpha value is -1.02. The van der Waals surface area contributed by atoms with Crippen LogP contribution in [0, 0.1) is 18.8 Å². The number of aromatic nitrogens is 2. The minimum atomic E-state index is 0.495. The monoisotopic (exact) mass is 248 g/mol. The number of halogens is 1. The SMILES string of the molecule is Cc1ccc2c(c1)nc(CCl)n2CC1CC1C. The first-order valence-electron chi connectivity index (χ1n) is 6.20. The first kappa shape index (κ1) is 11.1. The highest BCUT2D eigenvalue weighted by molar-refractivity contribution is 6.16. The van der Waals surface area contributed by atoms with Crippen molar-refractivity contribution in [1.29, 1.82) is 0 Å². The molecule has 3 rings (SSSR count). The molecule has 2 nitrogen and oxygen atoms in total. The van der Waals surface area contributed by atoms with E-state index in [1.54, 1.807) is 0 Å². The van der Waals surface area contributed by atoms with E-state index in [2.05, 4.69) is 41.6 Å². The average molecular weight is 249 g/mol. The fourth-order valence-electron chi connectivity index (χ4n) is 2.48. The molecule has 0 radical (unpaired) electrons. The molecule has 90 valence electrons. The predicted molar refractivity (Wildman–Crippen MR) is 71.3 cm³/mol. The number of rotatable bonds is 3. The summed E-state index contributed by atoms with van der Waals surface area (Å²) < 4.78 is 2.30. The minimum Gasteiger partial charge on any atom is -0.327 e. The quantitative estimate of drug-likeness (QED) is 0.757. The molecule has 17 heavy (non-hydrogen) atoms. The summed E-state index contributed by atoms with van der Waals surface area (Å²) in [5.41, 5.74) is 3.56. The highest BCUT2D eigenvalue weighted by Gasteiger charge is 2.33. The van der Waals surface area contributed by atoms with Gasteiger partial charge in [0.05, 0.1) is 16.9 Å². The number of benzene rings is 1. The fraction of sp³-hybridized carbons (Fsp3) is 0.500. The Morgan fingerprint density at radius 1 is 1.47 bits per heavy atom. The van der Waals surface area contributed by atoms with Gasteiger partial charge < -0.3 is 4.57 Å². The van der Waals surface area contributed by atoms with Crippen LogP contribution in [0.5, 0.6) is 0 Å².